The van der Waals surface area contributed by atoms with Gasteiger partial charge >= 0.3 is 0 Å². The lowest BCUT2D eigenvalue weighted by Gasteiger charge is -2.13. The van der Waals surface area contributed by atoms with Gasteiger partial charge in [-0.15, -0.1) is 0 Å². The van der Waals surface area contributed by atoms with E-state index in [1.165, 1.54) is 20.2 Å². The molecule has 0 spiro atoms. The summed E-state index contributed by atoms with van der Waals surface area (Å²) in [5.74, 6) is -0.710. The molecule has 0 bridgehead atoms. The highest BCUT2D eigenvalue weighted by molar-refractivity contribution is 7.90. The summed E-state index contributed by atoms with van der Waals surface area (Å²) in [6.07, 6.45) is 2.95. The van der Waals surface area contributed by atoms with Gasteiger partial charge in [-0.1, -0.05) is 30.3 Å². The van der Waals surface area contributed by atoms with Crippen molar-refractivity contribution < 1.29 is 17.9 Å². The van der Waals surface area contributed by atoms with Crippen molar-refractivity contribution in [3.05, 3.63) is 54.4 Å². The number of hydrogen-bond donors (Lipinski definition) is 1. The van der Waals surface area contributed by atoms with E-state index in [1.54, 1.807) is 12.3 Å². The van der Waals surface area contributed by atoms with Gasteiger partial charge in [-0.2, -0.15) is 0 Å². The van der Waals surface area contributed by atoms with E-state index >= 15 is 0 Å². The van der Waals surface area contributed by atoms with Gasteiger partial charge in [0.2, 0.25) is 10.0 Å². The van der Waals surface area contributed by atoms with Gasteiger partial charge in [-0.05, 0) is 18.6 Å². The number of nitrogens with one attached hydrogen (secondary N) is 1. The Kier molecular flexibility index (Phi) is 5.46. The third-order valence-corrected chi connectivity index (χ3v) is 4.94. The Morgan fingerprint density at radius 3 is 2.57 bits per heavy atom. The maximum Gasteiger partial charge on any atom is 0.266 e. The van der Waals surface area contributed by atoms with Crippen LogP contribution in [0.1, 0.15) is 17.3 Å². The maximum atomic E-state index is 12.2. The molecule has 0 saturated carbocycles. The van der Waals surface area contributed by atoms with Gasteiger partial charge < -0.3 is 4.74 Å². The molecule has 6 nitrogen and oxygen atoms in total. The van der Waals surface area contributed by atoms with Crippen molar-refractivity contribution in [1.29, 1.82) is 0 Å². The van der Waals surface area contributed by atoms with Gasteiger partial charge in [-0.25, -0.2) is 13.1 Å². The van der Waals surface area contributed by atoms with Crippen LogP contribution in [0.3, 0.4) is 0 Å². The summed E-state index contributed by atoms with van der Waals surface area (Å²) in [5, 5.41) is -0.832. The van der Waals surface area contributed by atoms with E-state index < -0.39 is 21.2 Å². The molecule has 0 unspecified atom stereocenters. The molecule has 23 heavy (non-hydrogen) atoms. The number of methoxy groups -OCH3 is 1. The average molecular weight is 334 g/mol. The van der Waals surface area contributed by atoms with E-state index in [2.05, 4.69) is 4.98 Å². The third-order valence-electron chi connectivity index (χ3n) is 3.27. The minimum atomic E-state index is -3.80. The zero-order valence-electron chi connectivity index (χ0n) is 12.9. The number of aromatic nitrogens is 1. The number of rotatable bonds is 6. The fraction of sp³-hybridized carbons (Fsp3) is 0.250. The van der Waals surface area contributed by atoms with E-state index in [0.717, 1.165) is 11.1 Å². The highest BCUT2D eigenvalue weighted by atomic mass is 32.2. The molecule has 2 aromatic rings. The predicted molar refractivity (Wildman–Crippen MR) is 87.4 cm³/mol. The fourth-order valence-electron chi connectivity index (χ4n) is 1.97. The van der Waals surface area contributed by atoms with Crippen molar-refractivity contribution in [2.75, 3.05) is 13.7 Å². The smallest absolute Gasteiger partial charge is 0.266 e. The summed E-state index contributed by atoms with van der Waals surface area (Å²) in [7, 11) is -2.40. The number of benzene rings is 1. The van der Waals surface area contributed by atoms with Gasteiger partial charge in [0.15, 0.2) is 0 Å². The van der Waals surface area contributed by atoms with Crippen LogP contribution in [0.2, 0.25) is 0 Å². The van der Waals surface area contributed by atoms with Crippen molar-refractivity contribution in [3.8, 4) is 11.1 Å². The summed E-state index contributed by atoms with van der Waals surface area (Å²) in [4.78, 5) is 16.2. The fourth-order valence-corrected chi connectivity index (χ4v) is 2.86. The number of carbonyl (C=O) groups is 1. The lowest BCUT2D eigenvalue weighted by Crippen LogP contribution is -2.39. The van der Waals surface area contributed by atoms with Gasteiger partial charge in [-0.3, -0.25) is 9.78 Å². The number of sulfonamides is 1. The maximum absolute atomic E-state index is 12.2. The van der Waals surface area contributed by atoms with Crippen LogP contribution in [0.5, 0.6) is 0 Å². The summed E-state index contributed by atoms with van der Waals surface area (Å²) >= 11 is 0. The summed E-state index contributed by atoms with van der Waals surface area (Å²) in [6, 6.07) is 11.0. The average Bonchev–Trinajstić information content (AvgIpc) is 2.55. The summed E-state index contributed by atoms with van der Waals surface area (Å²) in [5.41, 5.74) is 1.81. The first-order valence-electron chi connectivity index (χ1n) is 6.99. The number of nitrogens with zero attached hydrogens (tertiary/aromatic N) is 1. The number of hydrogen-bond acceptors (Lipinski definition) is 5. The minimum Gasteiger partial charge on any atom is -0.383 e. The third kappa shape index (κ3) is 4.37. The molecule has 1 N–H and O–H groups in total. The molecule has 1 amide bonds. The van der Waals surface area contributed by atoms with E-state index in [-0.39, 0.29) is 12.2 Å². The number of amides is 1. The van der Waals surface area contributed by atoms with Crippen molar-refractivity contribution in [3.63, 3.8) is 0 Å². The molecule has 1 heterocycles. The molecule has 1 aromatic heterocycles. The molecule has 0 aliphatic rings. The standard InChI is InChI=1S/C16H18N2O4S/c1-12(11-22-2)23(20,21)18-16(19)15-8-14(9-17-10-15)13-6-4-3-5-7-13/h3-10,12H,11H2,1-2H3,(H,18,19)/t12-/m0/s1. The van der Waals surface area contributed by atoms with Crippen LogP contribution < -0.4 is 4.72 Å². The van der Waals surface area contributed by atoms with Crippen molar-refractivity contribution in [2.24, 2.45) is 0 Å². The van der Waals surface area contributed by atoms with E-state index in [4.69, 9.17) is 4.74 Å². The Hall–Kier alpha value is -2.25. The quantitative estimate of drug-likeness (QED) is 0.871. The van der Waals surface area contributed by atoms with Crippen molar-refractivity contribution >= 4 is 15.9 Å². The monoisotopic (exact) mass is 334 g/mol. The van der Waals surface area contributed by atoms with Crippen LogP contribution in [-0.2, 0) is 14.8 Å². The molecule has 0 fully saturated rings. The predicted octanol–water partition coefficient (Wildman–Crippen LogP) is 1.84. The molecule has 0 saturated heterocycles. The van der Waals surface area contributed by atoms with E-state index in [9.17, 15) is 13.2 Å². The summed E-state index contributed by atoms with van der Waals surface area (Å²) in [6.45, 7) is 1.47. The Labute approximate surface area is 135 Å². The Balaban J connectivity index is 2.21. The van der Waals surface area contributed by atoms with E-state index in [0.29, 0.717) is 0 Å². The zero-order chi connectivity index (χ0) is 16.9. The van der Waals surface area contributed by atoms with Crippen LogP contribution in [-0.4, -0.2) is 38.3 Å². The SMILES string of the molecule is COC[C@H](C)S(=O)(=O)NC(=O)c1cncc(-c2ccccc2)c1. The lowest BCUT2D eigenvalue weighted by molar-refractivity contribution is 0.0980. The Morgan fingerprint density at radius 2 is 1.91 bits per heavy atom. The largest absolute Gasteiger partial charge is 0.383 e. The molecule has 2 rings (SSSR count). The van der Waals surface area contributed by atoms with Crippen LogP contribution in [0.25, 0.3) is 11.1 Å². The second kappa shape index (κ2) is 7.34. The molecule has 7 heteroatoms. The van der Waals surface area contributed by atoms with Gasteiger partial charge in [0.05, 0.1) is 12.2 Å². The first-order valence-corrected chi connectivity index (χ1v) is 8.54. The highest BCUT2D eigenvalue weighted by Crippen LogP contribution is 2.18. The Morgan fingerprint density at radius 1 is 1.22 bits per heavy atom. The first kappa shape index (κ1) is 17.1. The second-order valence-electron chi connectivity index (χ2n) is 5.07. The lowest BCUT2D eigenvalue weighted by atomic mass is 10.1. The molecule has 0 aliphatic heterocycles. The van der Waals surface area contributed by atoms with Crippen molar-refractivity contribution in [1.82, 2.24) is 9.71 Å². The van der Waals surface area contributed by atoms with Gasteiger partial charge in [0, 0.05) is 25.1 Å². The molecule has 0 aliphatic carbocycles. The van der Waals surface area contributed by atoms with Gasteiger partial charge in [0.1, 0.15) is 5.25 Å². The second-order valence-corrected chi connectivity index (χ2v) is 7.17. The highest BCUT2D eigenvalue weighted by Gasteiger charge is 2.23. The molecule has 122 valence electrons. The number of pyridine rings is 1. The topological polar surface area (TPSA) is 85.4 Å². The summed E-state index contributed by atoms with van der Waals surface area (Å²) < 4.78 is 30.9. The first-order chi connectivity index (χ1) is 10.9. The number of carbonyl (C=O) groups excluding carboxylic acids is 1. The molecule has 1 atom stereocenters. The van der Waals surface area contributed by atoms with Crippen LogP contribution in [0.15, 0.2) is 48.8 Å². The normalized spacial score (nSPS) is 12.6. The molecular weight excluding hydrogens is 316 g/mol. The Bertz CT molecular complexity index is 776. The minimum absolute atomic E-state index is 0.00488. The zero-order valence-corrected chi connectivity index (χ0v) is 13.7. The molecule has 1 aromatic carbocycles. The van der Waals surface area contributed by atoms with E-state index in [1.807, 2.05) is 35.1 Å². The van der Waals surface area contributed by atoms with Crippen LogP contribution in [0, 0.1) is 0 Å². The number of ether oxygens (including phenoxy) is 1. The molecule has 0 radical (unpaired) electrons. The molecular formula is C16H18N2O4S. The van der Waals surface area contributed by atoms with Gasteiger partial charge in [0.25, 0.3) is 5.91 Å². The van der Waals surface area contributed by atoms with Crippen LogP contribution >= 0.6 is 0 Å². The van der Waals surface area contributed by atoms with Crippen molar-refractivity contribution in [2.45, 2.75) is 12.2 Å². The van der Waals surface area contributed by atoms with Crippen LogP contribution in [0.4, 0.5) is 0 Å².